The molecular formula is C17H21N5O. The normalized spacial score (nSPS) is 11.3. The lowest BCUT2D eigenvalue weighted by Crippen LogP contribution is -2.11. The molecule has 0 radical (unpaired) electrons. The fourth-order valence-corrected chi connectivity index (χ4v) is 2.84. The first-order chi connectivity index (χ1) is 11.0. The molecular weight excluding hydrogens is 290 g/mol. The fraction of sp³-hybridized carbons (Fsp3) is 0.353. The average molecular weight is 311 g/mol. The zero-order valence-corrected chi connectivity index (χ0v) is 13.9. The number of amides is 1. The number of benzene rings is 1. The zero-order valence-electron chi connectivity index (χ0n) is 13.9. The predicted molar refractivity (Wildman–Crippen MR) is 90.5 cm³/mol. The molecule has 1 amide bonds. The highest BCUT2D eigenvalue weighted by atomic mass is 16.1. The first-order valence-corrected chi connectivity index (χ1v) is 7.72. The number of carbonyl (C=O) groups is 1. The summed E-state index contributed by atoms with van der Waals surface area (Å²) in [6.45, 7) is 8.45. The Kier molecular flexibility index (Phi) is 3.90. The van der Waals surface area contributed by atoms with Gasteiger partial charge in [0.1, 0.15) is 11.6 Å². The molecule has 0 spiro atoms. The molecule has 0 atom stereocenters. The van der Waals surface area contributed by atoms with Crippen LogP contribution in [0, 0.1) is 6.92 Å². The molecule has 0 aliphatic rings. The topological polar surface area (TPSA) is 64.7 Å². The minimum Gasteiger partial charge on any atom is -0.328 e. The van der Waals surface area contributed by atoms with Gasteiger partial charge in [-0.25, -0.2) is 9.97 Å². The van der Waals surface area contributed by atoms with Crippen molar-refractivity contribution in [3.05, 3.63) is 42.2 Å². The van der Waals surface area contributed by atoms with Crippen molar-refractivity contribution in [2.75, 3.05) is 5.32 Å². The third-order valence-corrected chi connectivity index (χ3v) is 3.83. The Balaban J connectivity index is 2.07. The van der Waals surface area contributed by atoms with E-state index in [1.807, 2.05) is 31.3 Å². The second-order valence-electron chi connectivity index (χ2n) is 5.98. The third-order valence-electron chi connectivity index (χ3n) is 3.83. The first kappa shape index (κ1) is 15.3. The number of nitrogens with one attached hydrogen (secondary N) is 1. The molecule has 0 saturated heterocycles. The van der Waals surface area contributed by atoms with Crippen LogP contribution in [-0.2, 0) is 11.3 Å². The van der Waals surface area contributed by atoms with Gasteiger partial charge in [-0.05, 0) is 39.0 Å². The Bertz CT molecular complexity index is 859. The van der Waals surface area contributed by atoms with Crippen LogP contribution in [0.3, 0.4) is 0 Å². The van der Waals surface area contributed by atoms with Crippen LogP contribution in [-0.4, -0.2) is 25.0 Å². The van der Waals surface area contributed by atoms with Crippen LogP contribution in [0.25, 0.3) is 11.0 Å². The van der Waals surface area contributed by atoms with E-state index < -0.39 is 0 Å². The zero-order chi connectivity index (χ0) is 16.6. The Morgan fingerprint density at radius 1 is 1.35 bits per heavy atom. The van der Waals surface area contributed by atoms with E-state index in [2.05, 4.69) is 33.3 Å². The molecule has 1 N–H and O–H groups in total. The molecule has 0 fully saturated rings. The van der Waals surface area contributed by atoms with Gasteiger partial charge in [0.15, 0.2) is 0 Å². The lowest BCUT2D eigenvalue weighted by molar-refractivity contribution is -0.114. The van der Waals surface area contributed by atoms with Crippen molar-refractivity contribution < 1.29 is 4.79 Å². The molecule has 2 aromatic heterocycles. The molecule has 0 bridgehead atoms. The Labute approximate surface area is 135 Å². The number of rotatable bonds is 4. The highest BCUT2D eigenvalue weighted by Crippen LogP contribution is 2.24. The van der Waals surface area contributed by atoms with Gasteiger partial charge in [-0.2, -0.15) is 0 Å². The maximum Gasteiger partial charge on any atom is 0.221 e. The summed E-state index contributed by atoms with van der Waals surface area (Å²) in [6.07, 6.45) is 3.76. The number of hydrogen-bond acceptors (Lipinski definition) is 3. The van der Waals surface area contributed by atoms with Crippen molar-refractivity contribution in [1.29, 1.82) is 0 Å². The predicted octanol–water partition coefficient (Wildman–Crippen LogP) is 3.13. The van der Waals surface area contributed by atoms with Crippen LogP contribution >= 0.6 is 0 Å². The monoisotopic (exact) mass is 311 g/mol. The lowest BCUT2D eigenvalue weighted by Gasteiger charge is -2.14. The van der Waals surface area contributed by atoms with Gasteiger partial charge < -0.3 is 14.5 Å². The first-order valence-electron chi connectivity index (χ1n) is 7.72. The summed E-state index contributed by atoms with van der Waals surface area (Å²) in [5, 5.41) is 2.81. The SMILES string of the molecule is CC(=O)Nc1ccc2c(c1)nc(Cn1ccnc1C)n2C(C)C. The van der Waals surface area contributed by atoms with E-state index in [-0.39, 0.29) is 5.91 Å². The minimum absolute atomic E-state index is 0.0816. The summed E-state index contributed by atoms with van der Waals surface area (Å²) in [5.41, 5.74) is 2.73. The number of nitrogens with zero attached hydrogens (tertiary/aromatic N) is 4. The summed E-state index contributed by atoms with van der Waals surface area (Å²) in [4.78, 5) is 20.3. The van der Waals surface area contributed by atoms with Gasteiger partial charge in [0, 0.05) is 31.0 Å². The van der Waals surface area contributed by atoms with Crippen molar-refractivity contribution in [2.24, 2.45) is 0 Å². The van der Waals surface area contributed by atoms with Crippen LogP contribution < -0.4 is 5.32 Å². The van der Waals surface area contributed by atoms with Crippen molar-refractivity contribution in [1.82, 2.24) is 19.1 Å². The molecule has 1 aromatic carbocycles. The Hall–Kier alpha value is -2.63. The highest BCUT2D eigenvalue weighted by Gasteiger charge is 2.15. The van der Waals surface area contributed by atoms with Gasteiger partial charge in [0.25, 0.3) is 0 Å². The smallest absolute Gasteiger partial charge is 0.221 e. The molecule has 6 heteroatoms. The van der Waals surface area contributed by atoms with Gasteiger partial charge >= 0.3 is 0 Å². The number of anilines is 1. The van der Waals surface area contributed by atoms with E-state index in [4.69, 9.17) is 4.98 Å². The number of imidazole rings is 2. The fourth-order valence-electron chi connectivity index (χ4n) is 2.84. The average Bonchev–Trinajstić information content (AvgIpc) is 3.01. The van der Waals surface area contributed by atoms with Crippen LogP contribution in [0.15, 0.2) is 30.6 Å². The van der Waals surface area contributed by atoms with Crippen LogP contribution in [0.4, 0.5) is 5.69 Å². The van der Waals surface area contributed by atoms with Crippen molar-refractivity contribution >= 4 is 22.6 Å². The highest BCUT2D eigenvalue weighted by molar-refractivity contribution is 5.91. The van der Waals surface area contributed by atoms with Gasteiger partial charge in [-0.15, -0.1) is 0 Å². The summed E-state index contributed by atoms with van der Waals surface area (Å²) in [5.74, 6) is 1.87. The van der Waals surface area contributed by atoms with E-state index in [0.717, 1.165) is 28.4 Å². The molecule has 2 heterocycles. The Morgan fingerprint density at radius 3 is 2.74 bits per heavy atom. The van der Waals surface area contributed by atoms with E-state index >= 15 is 0 Å². The summed E-state index contributed by atoms with van der Waals surface area (Å²) in [7, 11) is 0. The standard InChI is InChI=1S/C17H21N5O/c1-11(2)22-16-6-5-14(19-13(4)23)9-15(16)20-17(22)10-21-8-7-18-12(21)3/h5-9,11H,10H2,1-4H3,(H,19,23). The molecule has 23 heavy (non-hydrogen) atoms. The summed E-state index contributed by atoms with van der Waals surface area (Å²) in [6, 6.07) is 6.14. The quantitative estimate of drug-likeness (QED) is 0.805. The van der Waals surface area contributed by atoms with E-state index in [1.165, 1.54) is 6.92 Å². The molecule has 3 rings (SSSR count). The van der Waals surface area contributed by atoms with Gasteiger partial charge in [0.2, 0.25) is 5.91 Å². The van der Waals surface area contributed by atoms with Crippen LogP contribution in [0.5, 0.6) is 0 Å². The minimum atomic E-state index is -0.0816. The molecule has 0 unspecified atom stereocenters. The van der Waals surface area contributed by atoms with Gasteiger partial charge in [0.05, 0.1) is 17.6 Å². The number of carbonyl (C=O) groups excluding carboxylic acids is 1. The second kappa shape index (κ2) is 5.87. The van der Waals surface area contributed by atoms with Crippen molar-refractivity contribution in [3.63, 3.8) is 0 Å². The third kappa shape index (κ3) is 2.97. The maximum atomic E-state index is 11.2. The molecule has 120 valence electrons. The molecule has 0 aliphatic heterocycles. The maximum absolute atomic E-state index is 11.2. The number of hydrogen-bond donors (Lipinski definition) is 1. The molecule has 3 aromatic rings. The van der Waals surface area contributed by atoms with E-state index in [0.29, 0.717) is 12.6 Å². The number of fused-ring (bicyclic) bond motifs is 1. The summed E-state index contributed by atoms with van der Waals surface area (Å²) >= 11 is 0. The van der Waals surface area contributed by atoms with Crippen molar-refractivity contribution in [3.8, 4) is 0 Å². The van der Waals surface area contributed by atoms with E-state index in [9.17, 15) is 4.79 Å². The van der Waals surface area contributed by atoms with Gasteiger partial charge in [-0.3, -0.25) is 4.79 Å². The number of aromatic nitrogens is 4. The molecule has 0 aliphatic carbocycles. The Morgan fingerprint density at radius 2 is 2.13 bits per heavy atom. The second-order valence-corrected chi connectivity index (χ2v) is 5.98. The lowest BCUT2D eigenvalue weighted by atomic mass is 10.2. The van der Waals surface area contributed by atoms with Gasteiger partial charge in [-0.1, -0.05) is 0 Å². The summed E-state index contributed by atoms with van der Waals surface area (Å²) < 4.78 is 4.31. The molecule has 0 saturated carbocycles. The van der Waals surface area contributed by atoms with Crippen molar-refractivity contribution in [2.45, 2.75) is 40.3 Å². The number of aryl methyl sites for hydroxylation is 1. The van der Waals surface area contributed by atoms with Crippen LogP contribution in [0.1, 0.15) is 38.5 Å². The largest absolute Gasteiger partial charge is 0.328 e. The molecule has 6 nitrogen and oxygen atoms in total. The van der Waals surface area contributed by atoms with Crippen LogP contribution in [0.2, 0.25) is 0 Å². The van der Waals surface area contributed by atoms with E-state index in [1.54, 1.807) is 6.20 Å².